The Kier molecular flexibility index (Phi) is 78.8. The first kappa shape index (κ1) is 106. The van der Waals surface area contributed by atoms with Gasteiger partial charge in [0.05, 0.1) is 26.4 Å². The third kappa shape index (κ3) is 80.7. The molecule has 0 saturated carbocycles. The maximum atomic E-state index is 13.2. The van der Waals surface area contributed by atoms with E-state index < -0.39 is 97.5 Å². The number of unbranched alkanes of at least 4 members (excludes halogenated alkanes) is 57. The van der Waals surface area contributed by atoms with Crippen LogP contribution in [0.1, 0.15) is 478 Å². The number of aliphatic hydroxyl groups is 1. The van der Waals surface area contributed by atoms with Gasteiger partial charge >= 0.3 is 39.5 Å². The Morgan fingerprint density at radius 2 is 0.472 bits per heavy atom. The molecule has 108 heavy (non-hydrogen) atoms. The van der Waals surface area contributed by atoms with Crippen LogP contribution >= 0.6 is 15.6 Å². The first-order chi connectivity index (χ1) is 52.4. The van der Waals surface area contributed by atoms with E-state index in [2.05, 4.69) is 41.5 Å². The van der Waals surface area contributed by atoms with E-state index in [1.807, 2.05) is 0 Å². The van der Waals surface area contributed by atoms with E-state index in [4.69, 9.17) is 37.0 Å². The minimum atomic E-state index is -4.97. The Labute approximate surface area is 664 Å². The third-order valence-corrected chi connectivity index (χ3v) is 23.2. The van der Waals surface area contributed by atoms with Crippen molar-refractivity contribution in [3.05, 3.63) is 0 Å². The van der Waals surface area contributed by atoms with Crippen molar-refractivity contribution >= 4 is 39.5 Å². The fourth-order valence-corrected chi connectivity index (χ4v) is 15.5. The Bertz CT molecular complexity index is 2070. The summed E-state index contributed by atoms with van der Waals surface area (Å²) >= 11 is 0. The number of carbonyl (C=O) groups excluding carboxylic acids is 4. The highest BCUT2D eigenvalue weighted by Gasteiger charge is 2.31. The molecule has 0 bridgehead atoms. The van der Waals surface area contributed by atoms with Gasteiger partial charge in [0.25, 0.3) is 0 Å². The molecule has 0 amide bonds. The van der Waals surface area contributed by atoms with Crippen LogP contribution in [-0.2, 0) is 65.4 Å². The first-order valence-electron chi connectivity index (χ1n) is 46.0. The van der Waals surface area contributed by atoms with Gasteiger partial charge < -0.3 is 33.8 Å². The summed E-state index contributed by atoms with van der Waals surface area (Å²) in [6.45, 7) is 9.77. The lowest BCUT2D eigenvalue weighted by molar-refractivity contribution is -0.161. The van der Waals surface area contributed by atoms with Crippen molar-refractivity contribution in [3.8, 4) is 0 Å². The molecule has 0 rings (SSSR count). The largest absolute Gasteiger partial charge is 0.472 e. The standard InChI is InChI=1S/C89H174O17P2/c1-7-10-12-14-16-18-19-20-21-22-26-33-38-43-49-55-61-67-73-88(93)105-84(77-99-86(91)71-65-59-53-45-17-15-13-11-8-2)79-103-107(95,96)101-75-83(90)76-102-108(97,98)104-80-85(78-100-87(92)72-66-60-54-48-42-37-32-29-28-30-35-40-46-51-57-63-69-81(4)5)106-89(94)74-68-62-56-50-44-39-34-27-24-23-25-31-36-41-47-52-58-64-70-82(6)9-3/h81-85,90H,7-80H2,1-6H3,(H,95,96)(H,97,98)/t82?,83-,84+,85+/m0/s1. The zero-order chi connectivity index (χ0) is 79.2. The molecular formula is C89H174O17P2. The zero-order valence-electron chi connectivity index (χ0n) is 71.2. The van der Waals surface area contributed by atoms with Crippen LogP contribution in [0.3, 0.4) is 0 Å². The van der Waals surface area contributed by atoms with Crippen LogP contribution in [0.5, 0.6) is 0 Å². The lowest BCUT2D eigenvalue weighted by Crippen LogP contribution is -2.30. The van der Waals surface area contributed by atoms with Crippen molar-refractivity contribution in [2.24, 2.45) is 11.8 Å². The van der Waals surface area contributed by atoms with Crippen LogP contribution in [0.2, 0.25) is 0 Å². The molecule has 0 aliphatic heterocycles. The molecule has 642 valence electrons. The van der Waals surface area contributed by atoms with Gasteiger partial charge in [-0.15, -0.1) is 0 Å². The minimum absolute atomic E-state index is 0.109. The van der Waals surface area contributed by atoms with Gasteiger partial charge in [-0.3, -0.25) is 37.3 Å². The summed E-state index contributed by atoms with van der Waals surface area (Å²) in [5.74, 6) is -0.415. The fourth-order valence-electron chi connectivity index (χ4n) is 13.9. The van der Waals surface area contributed by atoms with Gasteiger partial charge in [-0.25, -0.2) is 9.13 Å². The molecule has 6 atom stereocenters. The third-order valence-electron chi connectivity index (χ3n) is 21.3. The lowest BCUT2D eigenvalue weighted by Gasteiger charge is -2.21. The Morgan fingerprint density at radius 3 is 0.704 bits per heavy atom. The average Bonchev–Trinajstić information content (AvgIpc) is 0.898. The summed E-state index contributed by atoms with van der Waals surface area (Å²) in [5, 5.41) is 10.7. The minimum Gasteiger partial charge on any atom is -0.462 e. The number of aliphatic hydroxyl groups excluding tert-OH is 1. The molecule has 19 heteroatoms. The highest BCUT2D eigenvalue weighted by atomic mass is 31.2. The van der Waals surface area contributed by atoms with E-state index in [1.54, 1.807) is 0 Å². The number of hydrogen-bond acceptors (Lipinski definition) is 15. The van der Waals surface area contributed by atoms with Crippen LogP contribution in [0, 0.1) is 11.8 Å². The number of carbonyl (C=O) groups is 4. The quantitative estimate of drug-likeness (QED) is 0.0222. The topological polar surface area (TPSA) is 237 Å². The summed E-state index contributed by atoms with van der Waals surface area (Å²) in [6.07, 6.45) is 73.6. The van der Waals surface area contributed by atoms with Gasteiger partial charge in [-0.05, 0) is 37.5 Å². The molecular weight excluding hydrogens is 1400 g/mol. The van der Waals surface area contributed by atoms with E-state index >= 15 is 0 Å². The second-order valence-electron chi connectivity index (χ2n) is 32.7. The molecule has 17 nitrogen and oxygen atoms in total. The van der Waals surface area contributed by atoms with Gasteiger partial charge in [0, 0.05) is 25.7 Å². The van der Waals surface area contributed by atoms with Crippen LogP contribution in [-0.4, -0.2) is 96.7 Å². The van der Waals surface area contributed by atoms with Crippen molar-refractivity contribution in [1.29, 1.82) is 0 Å². The number of esters is 4. The summed E-state index contributed by atoms with van der Waals surface area (Å²) in [6, 6.07) is 0. The fraction of sp³-hybridized carbons (Fsp3) is 0.955. The van der Waals surface area contributed by atoms with Crippen LogP contribution < -0.4 is 0 Å². The van der Waals surface area contributed by atoms with Gasteiger partial charge in [-0.1, -0.05) is 427 Å². The SMILES string of the molecule is CCCCCCCCCCCCCCCCCCCCC(=O)O[C@H](COC(=O)CCCCCCCCCCC)COP(=O)(O)OC[C@H](O)COP(=O)(O)OC[C@@H](COC(=O)CCCCCCCCCCCCCCCCCCC(C)C)OC(=O)CCCCCCCCCCCCCCCCCCCCC(C)CC. The second-order valence-corrected chi connectivity index (χ2v) is 35.6. The number of hydrogen-bond donors (Lipinski definition) is 3. The van der Waals surface area contributed by atoms with Crippen LogP contribution in [0.15, 0.2) is 0 Å². The molecule has 0 heterocycles. The molecule has 0 aliphatic carbocycles. The number of phosphoric acid groups is 2. The Morgan fingerprint density at radius 1 is 0.269 bits per heavy atom. The molecule has 3 N–H and O–H groups in total. The van der Waals surface area contributed by atoms with E-state index in [9.17, 15) is 43.2 Å². The van der Waals surface area contributed by atoms with Crippen molar-refractivity contribution in [1.82, 2.24) is 0 Å². The number of phosphoric ester groups is 2. The highest BCUT2D eigenvalue weighted by molar-refractivity contribution is 7.47. The van der Waals surface area contributed by atoms with Crippen LogP contribution in [0.4, 0.5) is 0 Å². The van der Waals surface area contributed by atoms with Crippen molar-refractivity contribution in [2.45, 2.75) is 496 Å². The predicted octanol–water partition coefficient (Wildman–Crippen LogP) is 27.4. The van der Waals surface area contributed by atoms with Gasteiger partial charge in [-0.2, -0.15) is 0 Å². The van der Waals surface area contributed by atoms with Crippen molar-refractivity contribution < 1.29 is 80.2 Å². The molecule has 0 fully saturated rings. The maximum absolute atomic E-state index is 13.2. The zero-order valence-corrected chi connectivity index (χ0v) is 73.0. The molecule has 0 aromatic rings. The molecule has 0 aliphatic rings. The van der Waals surface area contributed by atoms with Crippen LogP contribution in [0.25, 0.3) is 0 Å². The average molecular weight is 1580 g/mol. The van der Waals surface area contributed by atoms with Gasteiger partial charge in [0.1, 0.15) is 19.3 Å². The predicted molar refractivity (Wildman–Crippen MR) is 446 cm³/mol. The molecule has 0 aromatic heterocycles. The molecule has 3 unspecified atom stereocenters. The van der Waals surface area contributed by atoms with E-state index in [0.717, 1.165) is 102 Å². The Hall–Kier alpha value is -1.94. The summed E-state index contributed by atoms with van der Waals surface area (Å²) in [7, 11) is -9.93. The van der Waals surface area contributed by atoms with Gasteiger partial charge in [0.15, 0.2) is 12.2 Å². The van der Waals surface area contributed by atoms with Gasteiger partial charge in [0.2, 0.25) is 0 Å². The summed E-state index contributed by atoms with van der Waals surface area (Å²) < 4.78 is 68.9. The van der Waals surface area contributed by atoms with Crippen molar-refractivity contribution in [3.63, 3.8) is 0 Å². The first-order valence-corrected chi connectivity index (χ1v) is 49.0. The normalized spacial score (nSPS) is 14.0. The summed E-state index contributed by atoms with van der Waals surface area (Å²) in [5.41, 5.74) is 0. The van der Waals surface area contributed by atoms with E-state index in [-0.39, 0.29) is 25.7 Å². The highest BCUT2D eigenvalue weighted by Crippen LogP contribution is 2.45. The van der Waals surface area contributed by atoms with Crippen molar-refractivity contribution in [2.75, 3.05) is 39.6 Å². The van der Waals surface area contributed by atoms with E-state index in [1.165, 1.54) is 295 Å². The maximum Gasteiger partial charge on any atom is 0.472 e. The smallest absolute Gasteiger partial charge is 0.462 e. The number of ether oxygens (including phenoxy) is 4. The molecule has 0 saturated heterocycles. The molecule has 0 aromatic carbocycles. The number of rotatable bonds is 88. The lowest BCUT2D eigenvalue weighted by atomic mass is 9.99. The Balaban J connectivity index is 5.20. The second kappa shape index (κ2) is 80.3. The molecule has 0 spiro atoms. The molecule has 0 radical (unpaired) electrons. The van der Waals surface area contributed by atoms with E-state index in [0.29, 0.717) is 25.7 Å². The monoisotopic (exact) mass is 1580 g/mol. The summed E-state index contributed by atoms with van der Waals surface area (Å²) in [4.78, 5) is 73.3.